The molecule has 1 aliphatic carbocycles. The molecule has 0 radical (unpaired) electrons. The topological polar surface area (TPSA) is 13.1 Å². The molecule has 0 saturated heterocycles. The molecular formula is C15H15ClO. The number of benzene rings is 1. The number of rotatable bonds is 1. The number of allylic oxidation sites excluding steroid dienone is 2. The van der Waals surface area contributed by atoms with Crippen molar-refractivity contribution in [2.45, 2.75) is 31.6 Å². The molecule has 1 aromatic carbocycles. The lowest BCUT2D eigenvalue weighted by Gasteiger charge is -2.14. The quantitative estimate of drug-likeness (QED) is 0.651. The maximum Gasteiger partial charge on any atom is 0.137 e. The molecule has 17 heavy (non-hydrogen) atoms. The van der Waals surface area contributed by atoms with Crippen LogP contribution in [0.4, 0.5) is 0 Å². The molecule has 1 aromatic heterocycles. The van der Waals surface area contributed by atoms with Crippen LogP contribution in [0.15, 0.2) is 34.8 Å². The summed E-state index contributed by atoms with van der Waals surface area (Å²) in [5.41, 5.74) is 3.44. The molecule has 1 unspecified atom stereocenters. The van der Waals surface area contributed by atoms with Gasteiger partial charge >= 0.3 is 0 Å². The molecule has 0 fully saturated rings. The maximum absolute atomic E-state index is 6.17. The molecular weight excluding hydrogens is 232 g/mol. The fourth-order valence-corrected chi connectivity index (χ4v) is 2.75. The summed E-state index contributed by atoms with van der Waals surface area (Å²) in [6.07, 6.45) is 5.43. The van der Waals surface area contributed by atoms with E-state index in [1.54, 1.807) is 0 Å². The average molecular weight is 247 g/mol. The van der Waals surface area contributed by atoms with Crippen LogP contribution in [0.5, 0.6) is 0 Å². The SMILES string of the molecule is Cc1cccc2cc(C3=CC(Cl)CCC3)oc12. The zero-order valence-electron chi connectivity index (χ0n) is 9.87. The Bertz CT molecular complexity index is 580. The van der Waals surface area contributed by atoms with Gasteiger partial charge in [0.2, 0.25) is 0 Å². The number of para-hydroxylation sites is 1. The lowest BCUT2D eigenvalue weighted by molar-refractivity contribution is 0.587. The second-order valence-electron chi connectivity index (χ2n) is 4.70. The Balaban J connectivity index is 2.09. The summed E-state index contributed by atoms with van der Waals surface area (Å²) < 4.78 is 5.96. The first-order chi connectivity index (χ1) is 8.24. The number of hydrogen-bond acceptors (Lipinski definition) is 1. The highest BCUT2D eigenvalue weighted by molar-refractivity contribution is 6.22. The van der Waals surface area contributed by atoms with Crippen molar-refractivity contribution < 1.29 is 4.42 Å². The van der Waals surface area contributed by atoms with E-state index >= 15 is 0 Å². The van der Waals surface area contributed by atoms with Gasteiger partial charge in [0.1, 0.15) is 11.3 Å². The van der Waals surface area contributed by atoms with Gasteiger partial charge in [-0.1, -0.05) is 24.3 Å². The number of aryl methyl sites for hydroxylation is 1. The van der Waals surface area contributed by atoms with Crippen LogP contribution in [0.1, 0.15) is 30.6 Å². The largest absolute Gasteiger partial charge is 0.456 e. The molecule has 1 atom stereocenters. The van der Waals surface area contributed by atoms with Crippen LogP contribution in [-0.4, -0.2) is 5.38 Å². The van der Waals surface area contributed by atoms with Crippen LogP contribution in [-0.2, 0) is 0 Å². The molecule has 1 nitrogen and oxygen atoms in total. The number of alkyl halides is 1. The Hall–Kier alpha value is -1.21. The normalized spacial score (nSPS) is 20.6. The lowest BCUT2D eigenvalue weighted by Crippen LogP contribution is -2.01. The first-order valence-electron chi connectivity index (χ1n) is 6.08. The third kappa shape index (κ3) is 2.00. The summed E-state index contributed by atoms with van der Waals surface area (Å²) in [6, 6.07) is 8.37. The van der Waals surface area contributed by atoms with Gasteiger partial charge < -0.3 is 4.42 Å². The van der Waals surface area contributed by atoms with Gasteiger partial charge in [0.25, 0.3) is 0 Å². The van der Waals surface area contributed by atoms with E-state index in [1.807, 2.05) is 0 Å². The Morgan fingerprint density at radius 2 is 2.24 bits per heavy atom. The molecule has 0 N–H and O–H groups in total. The second-order valence-corrected chi connectivity index (χ2v) is 5.26. The third-order valence-corrected chi connectivity index (χ3v) is 3.71. The molecule has 0 bridgehead atoms. The van der Waals surface area contributed by atoms with Crippen LogP contribution in [0.2, 0.25) is 0 Å². The minimum atomic E-state index is 0.160. The molecule has 0 saturated carbocycles. The Labute approximate surface area is 106 Å². The molecule has 0 spiro atoms. The smallest absolute Gasteiger partial charge is 0.137 e. The monoisotopic (exact) mass is 246 g/mol. The minimum Gasteiger partial charge on any atom is -0.456 e. The summed E-state index contributed by atoms with van der Waals surface area (Å²) in [6.45, 7) is 2.08. The number of furan rings is 1. The van der Waals surface area contributed by atoms with E-state index in [-0.39, 0.29) is 5.38 Å². The van der Waals surface area contributed by atoms with Crippen LogP contribution in [0.25, 0.3) is 16.5 Å². The van der Waals surface area contributed by atoms with E-state index in [4.69, 9.17) is 16.0 Å². The zero-order chi connectivity index (χ0) is 11.8. The Morgan fingerprint density at radius 3 is 3.00 bits per heavy atom. The van der Waals surface area contributed by atoms with Crippen molar-refractivity contribution in [3.63, 3.8) is 0 Å². The van der Waals surface area contributed by atoms with Crippen molar-refractivity contribution >= 4 is 28.1 Å². The van der Waals surface area contributed by atoms with Crippen molar-refractivity contribution in [3.05, 3.63) is 41.7 Å². The summed E-state index contributed by atoms with van der Waals surface area (Å²) in [7, 11) is 0. The Kier molecular flexibility index (Phi) is 2.71. The summed E-state index contributed by atoms with van der Waals surface area (Å²) in [4.78, 5) is 0. The van der Waals surface area contributed by atoms with Gasteiger partial charge in [-0.3, -0.25) is 0 Å². The predicted octanol–water partition coefficient (Wildman–Crippen LogP) is 4.92. The van der Waals surface area contributed by atoms with Crippen molar-refractivity contribution in [1.29, 1.82) is 0 Å². The lowest BCUT2D eigenvalue weighted by atomic mass is 9.97. The summed E-state index contributed by atoms with van der Waals surface area (Å²) in [5.74, 6) is 0.986. The highest BCUT2D eigenvalue weighted by Crippen LogP contribution is 2.33. The summed E-state index contributed by atoms with van der Waals surface area (Å²) in [5, 5.41) is 1.34. The molecule has 1 heterocycles. The highest BCUT2D eigenvalue weighted by Gasteiger charge is 2.16. The van der Waals surface area contributed by atoms with E-state index in [0.29, 0.717) is 0 Å². The number of halogens is 1. The van der Waals surface area contributed by atoms with E-state index < -0.39 is 0 Å². The molecule has 3 rings (SSSR count). The molecule has 2 heteroatoms. The van der Waals surface area contributed by atoms with E-state index in [0.717, 1.165) is 30.6 Å². The molecule has 88 valence electrons. The van der Waals surface area contributed by atoms with Crippen LogP contribution >= 0.6 is 11.6 Å². The van der Waals surface area contributed by atoms with Crippen molar-refractivity contribution in [2.75, 3.05) is 0 Å². The average Bonchev–Trinajstić information content (AvgIpc) is 2.74. The van der Waals surface area contributed by atoms with Gasteiger partial charge in [0, 0.05) is 5.39 Å². The van der Waals surface area contributed by atoms with Gasteiger partial charge in [-0.15, -0.1) is 11.6 Å². The van der Waals surface area contributed by atoms with Gasteiger partial charge in [0.05, 0.1) is 5.38 Å². The first kappa shape index (κ1) is 10.9. The zero-order valence-corrected chi connectivity index (χ0v) is 10.6. The number of hydrogen-bond donors (Lipinski definition) is 0. The van der Waals surface area contributed by atoms with Gasteiger partial charge in [-0.25, -0.2) is 0 Å². The summed E-state index contributed by atoms with van der Waals surface area (Å²) >= 11 is 6.17. The van der Waals surface area contributed by atoms with Crippen LogP contribution in [0, 0.1) is 6.92 Å². The standard InChI is InChI=1S/C15H15ClO/c1-10-4-2-6-12-9-14(17-15(10)12)11-5-3-7-13(16)8-11/h2,4,6,8-9,13H,3,5,7H2,1H3. The highest BCUT2D eigenvalue weighted by atomic mass is 35.5. The third-order valence-electron chi connectivity index (χ3n) is 3.37. The minimum absolute atomic E-state index is 0.160. The fraction of sp³-hybridized carbons (Fsp3) is 0.333. The molecule has 0 amide bonds. The van der Waals surface area contributed by atoms with Gasteiger partial charge in [-0.2, -0.15) is 0 Å². The first-order valence-corrected chi connectivity index (χ1v) is 6.52. The van der Waals surface area contributed by atoms with E-state index in [9.17, 15) is 0 Å². The molecule has 0 aliphatic heterocycles. The fourth-order valence-electron chi connectivity index (χ4n) is 2.44. The maximum atomic E-state index is 6.17. The van der Waals surface area contributed by atoms with Crippen molar-refractivity contribution in [2.24, 2.45) is 0 Å². The van der Waals surface area contributed by atoms with Crippen LogP contribution in [0.3, 0.4) is 0 Å². The van der Waals surface area contributed by atoms with Gasteiger partial charge in [-0.05, 0) is 43.4 Å². The van der Waals surface area contributed by atoms with Crippen LogP contribution < -0.4 is 0 Å². The van der Waals surface area contributed by atoms with Crippen molar-refractivity contribution in [1.82, 2.24) is 0 Å². The molecule has 2 aromatic rings. The second kappa shape index (κ2) is 4.23. The molecule has 1 aliphatic rings. The van der Waals surface area contributed by atoms with Crippen molar-refractivity contribution in [3.8, 4) is 0 Å². The predicted molar refractivity (Wildman–Crippen MR) is 72.4 cm³/mol. The Morgan fingerprint density at radius 1 is 1.35 bits per heavy atom. The van der Waals surface area contributed by atoms with E-state index in [1.165, 1.54) is 16.5 Å². The number of fused-ring (bicyclic) bond motifs is 1. The van der Waals surface area contributed by atoms with Gasteiger partial charge in [0.15, 0.2) is 0 Å². The van der Waals surface area contributed by atoms with E-state index in [2.05, 4.69) is 37.3 Å².